The van der Waals surface area contributed by atoms with Gasteiger partial charge in [0.25, 0.3) is 0 Å². The van der Waals surface area contributed by atoms with E-state index in [9.17, 15) is 0 Å². The number of fused-ring (bicyclic) bond motifs is 6. The van der Waals surface area contributed by atoms with Gasteiger partial charge < -0.3 is 9.47 Å². The Labute approximate surface area is 335 Å². The molecule has 0 spiro atoms. The van der Waals surface area contributed by atoms with E-state index >= 15 is 0 Å². The lowest BCUT2D eigenvalue weighted by atomic mass is 10.0. The molecule has 11 aromatic rings. The average molecular weight is 743 g/mol. The van der Waals surface area contributed by atoms with E-state index in [2.05, 4.69) is 222 Å². The zero-order valence-corrected chi connectivity index (χ0v) is 31.7. The van der Waals surface area contributed by atoms with Crippen molar-refractivity contribution < 1.29 is 0 Å². The van der Waals surface area contributed by atoms with Crippen LogP contribution in [-0.4, -0.2) is 4.57 Å². The monoisotopic (exact) mass is 742 g/mol. The summed E-state index contributed by atoms with van der Waals surface area (Å²) in [5, 5.41) is 5.05. The Kier molecular flexibility index (Phi) is 7.95. The van der Waals surface area contributed by atoms with E-state index in [1.54, 1.807) is 0 Å². The molecule has 0 saturated carbocycles. The standard InChI is InChI=1S/C54H34N2S/c1-2-11-37(12-3-1)38-21-29-42(30-22-38)55(44-35-27-41(28-36-44)46-16-10-17-50-49-15-6-9-20-53(49)57-54(46)50)43-31-23-39(24-32-43)40-25-33-45(34-26-40)56-51-18-7-4-13-47(51)48-14-5-8-19-52(48)56/h1-5,7-8,10-36H. The van der Waals surface area contributed by atoms with Gasteiger partial charge >= 0.3 is 0 Å². The van der Waals surface area contributed by atoms with Crippen molar-refractivity contribution in [2.45, 2.75) is 0 Å². The molecule has 266 valence electrons. The Bertz CT molecular complexity index is 3140. The number of aromatic nitrogens is 1. The van der Waals surface area contributed by atoms with Crippen molar-refractivity contribution in [3.63, 3.8) is 0 Å². The zero-order chi connectivity index (χ0) is 37.7. The molecule has 0 amide bonds. The molecule has 11 rings (SSSR count). The van der Waals surface area contributed by atoms with Crippen LogP contribution in [0.1, 0.15) is 0 Å². The van der Waals surface area contributed by atoms with E-state index in [1.807, 2.05) is 17.4 Å². The number of hydrogen-bond acceptors (Lipinski definition) is 2. The van der Waals surface area contributed by atoms with Crippen LogP contribution in [0.4, 0.5) is 17.1 Å². The molecule has 57 heavy (non-hydrogen) atoms. The third-order valence-corrected chi connectivity index (χ3v) is 12.3. The largest absolute Gasteiger partial charge is 0.311 e. The SMILES string of the molecule is c1cc2sc3c(-c4ccc(N(c5ccc(-c6ccccc6)cc5)c5ccc(-c6ccc(-n7c8ccccc8c8ccccc87)cc6)cc5)cc4)cccc3c2cc#1. The fourth-order valence-corrected chi connectivity index (χ4v) is 9.54. The minimum absolute atomic E-state index is 1.10. The average Bonchev–Trinajstić information content (AvgIpc) is 3.84. The molecule has 0 unspecified atom stereocenters. The number of rotatable bonds is 7. The molecule has 2 aromatic heterocycles. The second-order valence-corrected chi connectivity index (χ2v) is 15.5. The van der Waals surface area contributed by atoms with Gasteiger partial charge in [0.05, 0.1) is 11.0 Å². The highest BCUT2D eigenvalue weighted by Crippen LogP contribution is 2.42. The van der Waals surface area contributed by atoms with E-state index in [0.717, 1.165) is 22.7 Å². The van der Waals surface area contributed by atoms with E-state index in [-0.39, 0.29) is 0 Å². The summed E-state index contributed by atoms with van der Waals surface area (Å²) in [4.78, 5) is 2.35. The second kappa shape index (κ2) is 13.7. The molecular formula is C54H34N2S. The molecule has 0 aliphatic rings. The van der Waals surface area contributed by atoms with Crippen LogP contribution in [0.25, 0.3) is 81.0 Å². The lowest BCUT2D eigenvalue weighted by molar-refractivity contribution is 1.18. The van der Waals surface area contributed by atoms with Crippen molar-refractivity contribution >= 4 is 70.4 Å². The van der Waals surface area contributed by atoms with Crippen LogP contribution in [-0.2, 0) is 0 Å². The summed E-state index contributed by atoms with van der Waals surface area (Å²) in [6.45, 7) is 0. The fraction of sp³-hybridized carbons (Fsp3) is 0. The smallest absolute Gasteiger partial charge is 0.0541 e. The van der Waals surface area contributed by atoms with Crippen LogP contribution in [0.5, 0.6) is 0 Å². The second-order valence-electron chi connectivity index (χ2n) is 14.4. The van der Waals surface area contributed by atoms with Gasteiger partial charge in [-0.2, -0.15) is 0 Å². The first-order valence-corrected chi connectivity index (χ1v) is 20.1. The number of nitrogens with zero attached hydrogens (tertiary/aromatic N) is 2. The number of thiophene rings is 1. The number of benzene rings is 8. The van der Waals surface area contributed by atoms with Crippen molar-refractivity contribution in [1.29, 1.82) is 0 Å². The summed E-state index contributed by atoms with van der Waals surface area (Å²) in [6.07, 6.45) is 0. The summed E-state index contributed by atoms with van der Waals surface area (Å²) < 4.78 is 4.89. The van der Waals surface area contributed by atoms with Gasteiger partial charge in [-0.05, 0) is 100 Å². The van der Waals surface area contributed by atoms with Crippen molar-refractivity contribution in [3.8, 4) is 39.1 Å². The number of anilines is 3. The van der Waals surface area contributed by atoms with Crippen molar-refractivity contribution in [1.82, 2.24) is 4.57 Å². The zero-order valence-electron chi connectivity index (χ0n) is 30.9. The molecule has 9 aromatic carbocycles. The summed E-state index contributed by atoms with van der Waals surface area (Å²) in [5.74, 6) is 0. The summed E-state index contributed by atoms with van der Waals surface area (Å²) in [7, 11) is 0. The fourth-order valence-electron chi connectivity index (χ4n) is 8.34. The third-order valence-electron chi connectivity index (χ3n) is 11.1. The van der Waals surface area contributed by atoms with Gasteiger partial charge in [-0.15, -0.1) is 11.3 Å². The lowest BCUT2D eigenvalue weighted by Gasteiger charge is -2.26. The summed E-state index contributed by atoms with van der Waals surface area (Å²) >= 11 is 1.82. The van der Waals surface area contributed by atoms with Gasteiger partial charge in [-0.3, -0.25) is 0 Å². The minimum Gasteiger partial charge on any atom is -0.311 e. The van der Waals surface area contributed by atoms with Crippen LogP contribution in [0.3, 0.4) is 0 Å². The molecule has 0 saturated heterocycles. The number of hydrogen-bond donors (Lipinski definition) is 0. The molecule has 3 heteroatoms. The summed E-state index contributed by atoms with van der Waals surface area (Å²) in [6, 6.07) is 80.6. The van der Waals surface area contributed by atoms with E-state index in [4.69, 9.17) is 0 Å². The predicted molar refractivity (Wildman–Crippen MR) is 242 cm³/mol. The van der Waals surface area contributed by atoms with Crippen LogP contribution in [0.2, 0.25) is 0 Å². The van der Waals surface area contributed by atoms with Gasteiger partial charge in [0.15, 0.2) is 0 Å². The molecule has 0 atom stereocenters. The van der Waals surface area contributed by atoms with Crippen LogP contribution >= 0.6 is 11.3 Å². The Morgan fingerprint density at radius 2 is 0.842 bits per heavy atom. The molecule has 0 aliphatic carbocycles. The molecule has 0 fully saturated rings. The first-order valence-electron chi connectivity index (χ1n) is 19.2. The molecule has 2 heterocycles. The van der Waals surface area contributed by atoms with E-state index < -0.39 is 0 Å². The maximum absolute atomic E-state index is 3.14. The Hall–Kier alpha value is -7.38. The Morgan fingerprint density at radius 3 is 1.44 bits per heavy atom. The van der Waals surface area contributed by atoms with Crippen LogP contribution < -0.4 is 4.90 Å². The highest BCUT2D eigenvalue weighted by atomic mass is 32.1. The van der Waals surface area contributed by atoms with Gasteiger partial charge in [-0.1, -0.05) is 146 Å². The lowest BCUT2D eigenvalue weighted by Crippen LogP contribution is -2.09. The third kappa shape index (κ3) is 5.75. The maximum atomic E-state index is 3.14. The van der Waals surface area contributed by atoms with E-state index in [0.29, 0.717) is 0 Å². The normalized spacial score (nSPS) is 11.4. The predicted octanol–water partition coefficient (Wildman–Crippen LogP) is 15.2. The van der Waals surface area contributed by atoms with Gasteiger partial charge in [0.2, 0.25) is 0 Å². The van der Waals surface area contributed by atoms with Gasteiger partial charge in [-0.25, -0.2) is 0 Å². The molecule has 0 N–H and O–H groups in total. The quantitative estimate of drug-likeness (QED) is 0.158. The molecule has 0 bridgehead atoms. The molecule has 0 aliphatic heterocycles. The van der Waals surface area contributed by atoms with Crippen molar-refractivity contribution in [2.24, 2.45) is 0 Å². The highest BCUT2D eigenvalue weighted by molar-refractivity contribution is 7.26. The minimum atomic E-state index is 1.10. The van der Waals surface area contributed by atoms with Crippen molar-refractivity contribution in [3.05, 3.63) is 218 Å². The van der Waals surface area contributed by atoms with Crippen LogP contribution in [0, 0.1) is 12.1 Å². The topological polar surface area (TPSA) is 8.17 Å². The highest BCUT2D eigenvalue weighted by Gasteiger charge is 2.16. The van der Waals surface area contributed by atoms with Crippen molar-refractivity contribution in [2.75, 3.05) is 4.90 Å². The number of para-hydroxylation sites is 2. The molecular weight excluding hydrogens is 709 g/mol. The van der Waals surface area contributed by atoms with Gasteiger partial charge in [0.1, 0.15) is 0 Å². The summed E-state index contributed by atoms with van der Waals surface area (Å²) in [5.41, 5.74) is 14.1. The maximum Gasteiger partial charge on any atom is 0.0541 e. The van der Waals surface area contributed by atoms with E-state index in [1.165, 1.54) is 75.4 Å². The first-order chi connectivity index (χ1) is 28.3. The van der Waals surface area contributed by atoms with Crippen LogP contribution in [0.15, 0.2) is 206 Å². The molecule has 0 radical (unpaired) electrons. The van der Waals surface area contributed by atoms with Gasteiger partial charge in [0, 0.05) is 59.8 Å². The Balaban J connectivity index is 0.947. The first kappa shape index (κ1) is 33.0. The Morgan fingerprint density at radius 1 is 0.368 bits per heavy atom. The molecule has 2 nitrogen and oxygen atoms in total.